The number of rotatable bonds is 4. The van der Waals surface area contributed by atoms with Gasteiger partial charge in [-0.05, 0) is 43.3 Å². The molecule has 2 aromatic carbocycles. The van der Waals surface area contributed by atoms with Crippen LogP contribution in [0.5, 0.6) is 0 Å². The first-order valence-corrected chi connectivity index (χ1v) is 8.15. The quantitative estimate of drug-likeness (QED) is 0.686. The summed E-state index contributed by atoms with van der Waals surface area (Å²) in [6, 6.07) is 10.9. The van der Waals surface area contributed by atoms with E-state index >= 15 is 0 Å². The highest BCUT2D eigenvalue weighted by molar-refractivity contribution is 5.97. The van der Waals surface area contributed by atoms with Crippen LogP contribution >= 0.6 is 0 Å². The van der Waals surface area contributed by atoms with Crippen LogP contribution in [0.25, 0.3) is 11.0 Å². The Kier molecular flexibility index (Phi) is 5.25. The zero-order valence-electron chi connectivity index (χ0n) is 14.5. The molecule has 1 amide bonds. The molecule has 1 N–H and O–H groups in total. The molecule has 1 aromatic heterocycles. The van der Waals surface area contributed by atoms with Gasteiger partial charge in [0.05, 0.1) is 22.8 Å². The first kappa shape index (κ1) is 19.3. The number of amides is 1. The molecule has 3 aromatic rings. The summed E-state index contributed by atoms with van der Waals surface area (Å²) in [7, 11) is 0. The van der Waals surface area contributed by atoms with Crippen molar-refractivity contribution in [3.8, 4) is 0 Å². The van der Waals surface area contributed by atoms with E-state index in [-0.39, 0.29) is 11.4 Å². The molecule has 28 heavy (non-hydrogen) atoms. The number of nitrogens with zero attached hydrogens (tertiary/aromatic N) is 2. The number of carbonyl (C=O) groups is 2. The molecule has 0 spiro atoms. The van der Waals surface area contributed by atoms with Crippen molar-refractivity contribution in [3.05, 3.63) is 66.0 Å². The fraction of sp³-hybridized carbons (Fsp3) is 0.158. The van der Waals surface area contributed by atoms with E-state index in [0.717, 1.165) is 24.3 Å². The lowest BCUT2D eigenvalue weighted by molar-refractivity contribution is -0.137. The minimum Gasteiger partial charge on any atom is -0.448 e. The van der Waals surface area contributed by atoms with Crippen LogP contribution in [0.15, 0.2) is 54.7 Å². The number of esters is 1. The zero-order chi connectivity index (χ0) is 20.3. The second kappa shape index (κ2) is 7.63. The molecule has 0 saturated heterocycles. The minimum absolute atomic E-state index is 0.0621. The number of carbonyl (C=O) groups excluding carboxylic acids is 2. The zero-order valence-corrected chi connectivity index (χ0v) is 14.5. The molecular weight excluding hydrogens is 375 g/mol. The number of para-hydroxylation sites is 2. The van der Waals surface area contributed by atoms with Crippen LogP contribution in [0.4, 0.5) is 18.9 Å². The average Bonchev–Trinajstić information content (AvgIpc) is 2.67. The van der Waals surface area contributed by atoms with Gasteiger partial charge in [0, 0.05) is 5.69 Å². The number of ether oxygens (including phenoxy) is 1. The highest BCUT2D eigenvalue weighted by Crippen LogP contribution is 2.29. The van der Waals surface area contributed by atoms with Gasteiger partial charge in [0.1, 0.15) is 0 Å². The third-order valence-electron chi connectivity index (χ3n) is 3.79. The van der Waals surface area contributed by atoms with E-state index in [2.05, 4.69) is 15.3 Å². The van der Waals surface area contributed by atoms with Gasteiger partial charge in [-0.3, -0.25) is 9.78 Å². The van der Waals surface area contributed by atoms with E-state index in [9.17, 15) is 22.8 Å². The van der Waals surface area contributed by atoms with Crippen LogP contribution in [0.1, 0.15) is 23.0 Å². The summed E-state index contributed by atoms with van der Waals surface area (Å²) in [4.78, 5) is 32.5. The van der Waals surface area contributed by atoms with Gasteiger partial charge in [0.2, 0.25) is 0 Å². The number of anilines is 1. The minimum atomic E-state index is -4.47. The van der Waals surface area contributed by atoms with Gasteiger partial charge in [-0.2, -0.15) is 13.2 Å². The standard InChI is InChI=1S/C19H14F3N3O3/c1-11(17(26)24-13-8-6-12(7-9-13)19(20,21)22)28-18(27)16-10-23-14-4-2-3-5-15(14)25-16/h2-11H,1H3,(H,24,26). The molecule has 1 heterocycles. The summed E-state index contributed by atoms with van der Waals surface area (Å²) in [5.41, 5.74) is 0.352. The van der Waals surface area contributed by atoms with Crippen LogP contribution < -0.4 is 5.32 Å². The monoisotopic (exact) mass is 389 g/mol. The second-order valence-electron chi connectivity index (χ2n) is 5.86. The Labute approximate surface area is 157 Å². The Bertz CT molecular complexity index is 1020. The molecule has 1 unspecified atom stereocenters. The summed E-state index contributed by atoms with van der Waals surface area (Å²) in [5, 5.41) is 2.39. The molecule has 0 saturated carbocycles. The summed E-state index contributed by atoms with van der Waals surface area (Å²) in [5.74, 6) is -1.53. The molecule has 0 bridgehead atoms. The van der Waals surface area contributed by atoms with E-state index in [0.29, 0.717) is 11.0 Å². The molecule has 3 rings (SSSR count). The summed E-state index contributed by atoms with van der Waals surface area (Å²) in [6.07, 6.45) is -4.42. The van der Waals surface area contributed by atoms with E-state index in [1.54, 1.807) is 24.3 Å². The second-order valence-corrected chi connectivity index (χ2v) is 5.86. The van der Waals surface area contributed by atoms with Gasteiger partial charge < -0.3 is 10.1 Å². The van der Waals surface area contributed by atoms with Crippen molar-refractivity contribution < 1.29 is 27.5 Å². The number of alkyl halides is 3. The van der Waals surface area contributed by atoms with Gasteiger partial charge in [0.15, 0.2) is 11.8 Å². The third-order valence-corrected chi connectivity index (χ3v) is 3.79. The van der Waals surface area contributed by atoms with Gasteiger partial charge >= 0.3 is 12.1 Å². The van der Waals surface area contributed by atoms with Crippen LogP contribution in [0.2, 0.25) is 0 Å². The first-order chi connectivity index (χ1) is 13.2. The Balaban J connectivity index is 1.63. The predicted octanol–water partition coefficient (Wildman–Crippen LogP) is 3.83. The molecule has 0 aliphatic carbocycles. The number of aromatic nitrogens is 2. The van der Waals surface area contributed by atoms with Gasteiger partial charge in [-0.1, -0.05) is 12.1 Å². The molecule has 6 nitrogen and oxygen atoms in total. The molecule has 1 atom stereocenters. The Hall–Kier alpha value is -3.49. The van der Waals surface area contributed by atoms with Gasteiger partial charge in [0.25, 0.3) is 5.91 Å². The van der Waals surface area contributed by atoms with Crippen LogP contribution in [0, 0.1) is 0 Å². The molecule has 0 aliphatic heterocycles. The number of hydrogen-bond donors (Lipinski definition) is 1. The van der Waals surface area contributed by atoms with Crippen molar-refractivity contribution in [1.82, 2.24) is 9.97 Å². The largest absolute Gasteiger partial charge is 0.448 e. The Morgan fingerprint density at radius 2 is 1.68 bits per heavy atom. The van der Waals surface area contributed by atoms with Crippen molar-refractivity contribution in [2.45, 2.75) is 19.2 Å². The van der Waals surface area contributed by atoms with Crippen LogP contribution in [0.3, 0.4) is 0 Å². The maximum absolute atomic E-state index is 12.6. The fourth-order valence-corrected chi connectivity index (χ4v) is 2.32. The number of nitrogens with one attached hydrogen (secondary N) is 1. The van der Waals surface area contributed by atoms with E-state index < -0.39 is 29.7 Å². The number of halogens is 3. The maximum atomic E-state index is 12.6. The normalized spacial score (nSPS) is 12.4. The molecule has 0 radical (unpaired) electrons. The number of benzene rings is 2. The van der Waals surface area contributed by atoms with E-state index in [4.69, 9.17) is 4.74 Å². The Morgan fingerprint density at radius 3 is 2.32 bits per heavy atom. The molecule has 144 valence electrons. The maximum Gasteiger partial charge on any atom is 0.416 e. The predicted molar refractivity (Wildman–Crippen MR) is 94.5 cm³/mol. The molecule has 9 heteroatoms. The van der Waals surface area contributed by atoms with Crippen molar-refractivity contribution in [3.63, 3.8) is 0 Å². The molecule has 0 aliphatic rings. The van der Waals surface area contributed by atoms with E-state index in [1.807, 2.05) is 0 Å². The lowest BCUT2D eigenvalue weighted by Crippen LogP contribution is -2.30. The summed E-state index contributed by atoms with van der Waals surface area (Å²) >= 11 is 0. The highest BCUT2D eigenvalue weighted by Gasteiger charge is 2.30. The topological polar surface area (TPSA) is 81.2 Å². The third kappa shape index (κ3) is 4.43. The van der Waals surface area contributed by atoms with Crippen molar-refractivity contribution in [1.29, 1.82) is 0 Å². The van der Waals surface area contributed by atoms with Crippen molar-refractivity contribution in [2.75, 3.05) is 5.32 Å². The molecule has 0 fully saturated rings. The van der Waals surface area contributed by atoms with E-state index in [1.165, 1.54) is 13.1 Å². The lowest BCUT2D eigenvalue weighted by Gasteiger charge is -2.14. The van der Waals surface area contributed by atoms with Crippen molar-refractivity contribution >= 4 is 28.6 Å². The lowest BCUT2D eigenvalue weighted by atomic mass is 10.2. The number of fused-ring (bicyclic) bond motifs is 1. The van der Waals surface area contributed by atoms with Gasteiger partial charge in [-0.15, -0.1) is 0 Å². The van der Waals surface area contributed by atoms with Gasteiger partial charge in [-0.25, -0.2) is 9.78 Å². The average molecular weight is 389 g/mol. The highest BCUT2D eigenvalue weighted by atomic mass is 19.4. The van der Waals surface area contributed by atoms with Crippen molar-refractivity contribution in [2.24, 2.45) is 0 Å². The smallest absolute Gasteiger partial charge is 0.416 e. The number of hydrogen-bond acceptors (Lipinski definition) is 5. The molecular formula is C19H14F3N3O3. The fourth-order valence-electron chi connectivity index (χ4n) is 2.32. The summed E-state index contributed by atoms with van der Waals surface area (Å²) in [6.45, 7) is 1.34. The first-order valence-electron chi connectivity index (χ1n) is 8.15. The Morgan fingerprint density at radius 1 is 1.04 bits per heavy atom. The summed E-state index contributed by atoms with van der Waals surface area (Å²) < 4.78 is 42.7. The SMILES string of the molecule is CC(OC(=O)c1cnc2ccccc2n1)C(=O)Nc1ccc(C(F)(F)F)cc1. The van der Waals surface area contributed by atoms with Crippen LogP contribution in [-0.4, -0.2) is 27.9 Å². The van der Waals surface area contributed by atoms with Crippen LogP contribution in [-0.2, 0) is 15.7 Å².